The summed E-state index contributed by atoms with van der Waals surface area (Å²) in [4.78, 5) is 26.2. The Hall–Kier alpha value is -2.24. The molecule has 26 heavy (non-hydrogen) atoms. The highest BCUT2D eigenvalue weighted by molar-refractivity contribution is 5.75. The molecule has 1 aromatic rings. The van der Waals surface area contributed by atoms with Crippen molar-refractivity contribution in [1.82, 2.24) is 4.90 Å². The number of rotatable bonds is 4. The lowest BCUT2D eigenvalue weighted by Crippen LogP contribution is -2.62. The molecule has 6 heteroatoms. The highest BCUT2D eigenvalue weighted by Gasteiger charge is 2.49. The van der Waals surface area contributed by atoms with Crippen LogP contribution < -0.4 is 4.74 Å². The zero-order valence-corrected chi connectivity index (χ0v) is 16.0. The molecule has 0 spiro atoms. The molecule has 1 fully saturated rings. The molecule has 1 amide bonds. The fourth-order valence-corrected chi connectivity index (χ4v) is 3.54. The van der Waals surface area contributed by atoms with Crippen LogP contribution in [0.5, 0.6) is 5.75 Å². The first-order valence-electron chi connectivity index (χ1n) is 9.12. The third-order valence-corrected chi connectivity index (χ3v) is 4.73. The molecule has 0 atom stereocenters. The second kappa shape index (κ2) is 6.82. The number of benzene rings is 1. The number of hydrogen-bond acceptors (Lipinski definition) is 5. The van der Waals surface area contributed by atoms with Gasteiger partial charge < -0.3 is 19.1 Å². The molecule has 2 aliphatic rings. The molecule has 0 saturated carbocycles. The fraction of sp³-hybridized carbons (Fsp3) is 0.600. The number of likely N-dealkylation sites (tertiary alicyclic amines) is 1. The molecule has 2 heterocycles. The second-order valence-electron chi connectivity index (χ2n) is 8.02. The van der Waals surface area contributed by atoms with E-state index in [1.54, 1.807) is 11.8 Å². The maximum absolute atomic E-state index is 12.3. The summed E-state index contributed by atoms with van der Waals surface area (Å²) in [7, 11) is 0. The average Bonchev–Trinajstić information content (AvgIpc) is 2.96. The Morgan fingerprint density at radius 2 is 2.00 bits per heavy atom. The van der Waals surface area contributed by atoms with Crippen molar-refractivity contribution in [2.24, 2.45) is 0 Å². The topological polar surface area (TPSA) is 65.1 Å². The Morgan fingerprint density at radius 1 is 1.27 bits per heavy atom. The normalized spacial score (nSPS) is 17.8. The molecule has 6 nitrogen and oxygen atoms in total. The monoisotopic (exact) mass is 361 g/mol. The third-order valence-electron chi connectivity index (χ3n) is 4.73. The number of fused-ring (bicyclic) bond motifs is 1. The zero-order chi connectivity index (χ0) is 18.9. The molecule has 0 unspecified atom stereocenters. The fourth-order valence-electron chi connectivity index (χ4n) is 3.54. The van der Waals surface area contributed by atoms with Crippen molar-refractivity contribution < 1.29 is 23.8 Å². The lowest BCUT2D eigenvalue weighted by molar-refractivity contribution is -0.146. The van der Waals surface area contributed by atoms with E-state index >= 15 is 0 Å². The Kier molecular flexibility index (Phi) is 4.86. The molecule has 0 radical (unpaired) electrons. The van der Waals surface area contributed by atoms with Gasteiger partial charge in [0.05, 0.1) is 19.6 Å². The van der Waals surface area contributed by atoms with Gasteiger partial charge in [0, 0.05) is 24.9 Å². The molecule has 1 aromatic carbocycles. The first-order valence-corrected chi connectivity index (χ1v) is 9.12. The van der Waals surface area contributed by atoms with Gasteiger partial charge in [-0.15, -0.1) is 0 Å². The number of carbonyl (C=O) groups is 2. The van der Waals surface area contributed by atoms with Crippen LogP contribution in [0.1, 0.15) is 45.2 Å². The Balaban J connectivity index is 1.79. The van der Waals surface area contributed by atoms with Crippen LogP contribution in [0, 0.1) is 0 Å². The van der Waals surface area contributed by atoms with E-state index in [1.807, 2.05) is 32.9 Å². The molecule has 3 rings (SSSR count). The van der Waals surface area contributed by atoms with Gasteiger partial charge in [-0.05, 0) is 44.9 Å². The Bertz CT molecular complexity index is 701. The summed E-state index contributed by atoms with van der Waals surface area (Å²) in [6, 6.07) is 6.06. The lowest BCUT2D eigenvalue weighted by atomic mass is 9.71. The van der Waals surface area contributed by atoms with Crippen LogP contribution in [0.25, 0.3) is 0 Å². The molecule has 0 N–H and O–H groups in total. The third kappa shape index (κ3) is 3.79. The first kappa shape index (κ1) is 18.5. The molecule has 0 bridgehead atoms. The van der Waals surface area contributed by atoms with Crippen LogP contribution >= 0.6 is 0 Å². The van der Waals surface area contributed by atoms with Crippen molar-refractivity contribution in [3.63, 3.8) is 0 Å². The van der Waals surface area contributed by atoms with Crippen LogP contribution in [0.15, 0.2) is 18.2 Å². The van der Waals surface area contributed by atoms with Crippen molar-refractivity contribution >= 4 is 12.1 Å². The highest BCUT2D eigenvalue weighted by Crippen LogP contribution is 2.41. The van der Waals surface area contributed by atoms with Crippen molar-refractivity contribution in [2.75, 3.05) is 26.3 Å². The van der Waals surface area contributed by atoms with Gasteiger partial charge in [0.25, 0.3) is 0 Å². The zero-order valence-electron chi connectivity index (χ0n) is 16.0. The number of carbonyl (C=O) groups excluding carboxylic acids is 2. The van der Waals surface area contributed by atoms with E-state index in [9.17, 15) is 9.59 Å². The van der Waals surface area contributed by atoms with Gasteiger partial charge in [-0.3, -0.25) is 4.79 Å². The standard InChI is InChI=1S/C20H27NO5/c1-5-24-17(22)11-20(12-21(13-20)18(23)26-19(2,3)4)15-6-7-16-14(10-15)8-9-25-16/h6-7,10H,5,8-9,11-13H2,1-4H3. The molecule has 0 aliphatic carbocycles. The van der Waals surface area contributed by atoms with E-state index in [0.717, 1.165) is 23.3 Å². The molecular formula is C20H27NO5. The van der Waals surface area contributed by atoms with Gasteiger partial charge in [0.2, 0.25) is 0 Å². The van der Waals surface area contributed by atoms with Crippen molar-refractivity contribution in [3.05, 3.63) is 29.3 Å². The first-order chi connectivity index (χ1) is 12.2. The van der Waals surface area contributed by atoms with Gasteiger partial charge in [0.15, 0.2) is 0 Å². The van der Waals surface area contributed by atoms with Gasteiger partial charge >= 0.3 is 12.1 Å². The van der Waals surface area contributed by atoms with Crippen molar-refractivity contribution in [2.45, 2.75) is 51.6 Å². The number of nitrogens with zero attached hydrogens (tertiary/aromatic N) is 1. The SMILES string of the molecule is CCOC(=O)CC1(c2ccc3c(c2)CCO3)CN(C(=O)OC(C)(C)C)C1. The summed E-state index contributed by atoms with van der Waals surface area (Å²) in [5.41, 5.74) is 1.23. The largest absolute Gasteiger partial charge is 0.493 e. The van der Waals surface area contributed by atoms with Gasteiger partial charge in [-0.2, -0.15) is 0 Å². The average molecular weight is 361 g/mol. The van der Waals surface area contributed by atoms with Crippen LogP contribution in [0.4, 0.5) is 4.79 Å². The summed E-state index contributed by atoms with van der Waals surface area (Å²) in [6.45, 7) is 9.26. The van der Waals surface area contributed by atoms with Crippen molar-refractivity contribution in [1.29, 1.82) is 0 Å². The van der Waals surface area contributed by atoms with E-state index in [4.69, 9.17) is 14.2 Å². The summed E-state index contributed by atoms with van der Waals surface area (Å²) in [5.74, 6) is 0.663. The molecule has 1 saturated heterocycles. The Labute approximate surface area is 154 Å². The van der Waals surface area contributed by atoms with E-state index in [0.29, 0.717) is 26.3 Å². The highest BCUT2D eigenvalue weighted by atomic mass is 16.6. The van der Waals surface area contributed by atoms with Gasteiger partial charge in [-0.25, -0.2) is 4.79 Å². The maximum Gasteiger partial charge on any atom is 0.410 e. The predicted molar refractivity (Wildman–Crippen MR) is 96.4 cm³/mol. The van der Waals surface area contributed by atoms with E-state index in [-0.39, 0.29) is 18.5 Å². The van der Waals surface area contributed by atoms with Gasteiger partial charge in [0.1, 0.15) is 11.4 Å². The minimum Gasteiger partial charge on any atom is -0.493 e. The smallest absolute Gasteiger partial charge is 0.410 e. The molecule has 0 aromatic heterocycles. The number of amides is 1. The summed E-state index contributed by atoms with van der Waals surface area (Å²) in [5, 5.41) is 0. The maximum atomic E-state index is 12.3. The minimum atomic E-state index is -0.540. The summed E-state index contributed by atoms with van der Waals surface area (Å²) >= 11 is 0. The number of ether oxygens (including phenoxy) is 3. The molecular weight excluding hydrogens is 334 g/mol. The lowest BCUT2D eigenvalue weighted by Gasteiger charge is -2.50. The minimum absolute atomic E-state index is 0.243. The van der Waals surface area contributed by atoms with Crippen LogP contribution in [0.3, 0.4) is 0 Å². The van der Waals surface area contributed by atoms with Crippen LogP contribution in [-0.2, 0) is 26.1 Å². The van der Waals surface area contributed by atoms with Crippen LogP contribution in [0.2, 0.25) is 0 Å². The van der Waals surface area contributed by atoms with E-state index in [2.05, 4.69) is 6.07 Å². The van der Waals surface area contributed by atoms with Crippen molar-refractivity contribution in [3.8, 4) is 5.75 Å². The van der Waals surface area contributed by atoms with Gasteiger partial charge in [-0.1, -0.05) is 12.1 Å². The van der Waals surface area contributed by atoms with Crippen LogP contribution in [-0.4, -0.2) is 48.9 Å². The second-order valence-corrected chi connectivity index (χ2v) is 8.02. The Morgan fingerprint density at radius 3 is 2.65 bits per heavy atom. The molecule has 142 valence electrons. The summed E-state index contributed by atoms with van der Waals surface area (Å²) < 4.78 is 16.2. The molecule has 2 aliphatic heterocycles. The predicted octanol–water partition coefficient (Wildman–Crippen LogP) is 3.06. The van der Waals surface area contributed by atoms with E-state index < -0.39 is 11.0 Å². The summed E-state index contributed by atoms with van der Waals surface area (Å²) in [6.07, 6.45) is 0.773. The quantitative estimate of drug-likeness (QED) is 0.771. The number of hydrogen-bond donors (Lipinski definition) is 0. The number of esters is 1. The van der Waals surface area contributed by atoms with E-state index in [1.165, 1.54) is 0 Å².